The fourth-order valence-corrected chi connectivity index (χ4v) is 4.12. The van der Waals surface area contributed by atoms with Gasteiger partial charge in [-0.3, -0.25) is 0 Å². The maximum atomic E-state index is 6.16. The number of nitrogens with zero attached hydrogens (tertiary/aromatic N) is 7. The molecule has 3 aromatic heterocycles. The van der Waals surface area contributed by atoms with Gasteiger partial charge in [0.25, 0.3) is 0 Å². The van der Waals surface area contributed by atoms with Gasteiger partial charge in [0.05, 0.1) is 11.9 Å². The second-order valence-corrected chi connectivity index (χ2v) is 7.93. The van der Waals surface area contributed by atoms with E-state index in [0.717, 1.165) is 43.2 Å². The Kier molecular flexibility index (Phi) is 4.80. The van der Waals surface area contributed by atoms with Gasteiger partial charge in [-0.15, -0.1) is 15.3 Å². The van der Waals surface area contributed by atoms with Gasteiger partial charge >= 0.3 is 0 Å². The molecule has 1 aliphatic heterocycles. The molecule has 4 aromatic rings. The number of nitrogens with two attached hydrogens (primary N) is 1. The van der Waals surface area contributed by atoms with E-state index < -0.39 is 0 Å². The maximum Gasteiger partial charge on any atom is 0.185 e. The topological polar surface area (TPSA) is 88.5 Å². The predicted octanol–water partition coefficient (Wildman–Crippen LogP) is 3.40. The first-order chi connectivity index (χ1) is 14.6. The molecule has 0 amide bonds. The first-order valence-electron chi connectivity index (χ1n) is 9.47. The number of piperazine rings is 1. The lowest BCUT2D eigenvalue weighted by Gasteiger charge is -2.36. The lowest BCUT2D eigenvalue weighted by Crippen LogP contribution is -2.47. The molecule has 1 aromatic carbocycles. The summed E-state index contributed by atoms with van der Waals surface area (Å²) in [6.07, 6.45) is 1.81. The minimum Gasteiger partial charge on any atom is -0.384 e. The Balaban J connectivity index is 1.40. The van der Waals surface area contributed by atoms with Crippen molar-refractivity contribution in [2.45, 2.75) is 0 Å². The summed E-state index contributed by atoms with van der Waals surface area (Å²) in [5.41, 5.74) is 8.20. The molecule has 0 radical (unpaired) electrons. The van der Waals surface area contributed by atoms with E-state index >= 15 is 0 Å². The fraction of sp³-hybridized carbons (Fsp3) is 0.200. The van der Waals surface area contributed by atoms with E-state index in [9.17, 15) is 0 Å². The van der Waals surface area contributed by atoms with Crippen LogP contribution in [0.25, 0.3) is 17.0 Å². The lowest BCUT2D eigenvalue weighted by molar-refractivity contribution is 0.641. The van der Waals surface area contributed by atoms with Crippen molar-refractivity contribution < 1.29 is 0 Å². The molecule has 152 valence electrons. The lowest BCUT2D eigenvalue weighted by atomic mass is 10.2. The van der Waals surface area contributed by atoms with Gasteiger partial charge in [-0.1, -0.05) is 23.2 Å². The molecule has 0 atom stereocenters. The zero-order valence-corrected chi connectivity index (χ0v) is 17.4. The van der Waals surface area contributed by atoms with Crippen LogP contribution in [-0.4, -0.2) is 51.0 Å². The number of hydrogen-bond acceptors (Lipinski definition) is 7. The molecule has 8 nitrogen and oxygen atoms in total. The Bertz CT molecular complexity index is 1180. The number of pyridine rings is 1. The van der Waals surface area contributed by atoms with Crippen molar-refractivity contribution in [3.05, 3.63) is 58.7 Å². The maximum absolute atomic E-state index is 6.16. The van der Waals surface area contributed by atoms with E-state index in [1.807, 2.05) is 30.5 Å². The van der Waals surface area contributed by atoms with Crippen molar-refractivity contribution in [3.63, 3.8) is 0 Å². The molecule has 0 spiro atoms. The molecule has 0 saturated carbocycles. The summed E-state index contributed by atoms with van der Waals surface area (Å²) in [7, 11) is 0. The van der Waals surface area contributed by atoms with E-state index in [0.29, 0.717) is 27.3 Å². The molecule has 1 aliphatic rings. The van der Waals surface area contributed by atoms with Gasteiger partial charge in [0.15, 0.2) is 11.5 Å². The highest BCUT2D eigenvalue weighted by atomic mass is 35.5. The minimum absolute atomic E-state index is 0.528. The molecule has 10 heteroatoms. The Morgan fingerprint density at radius 1 is 0.833 bits per heavy atom. The molecule has 0 aliphatic carbocycles. The quantitative estimate of drug-likeness (QED) is 0.521. The Morgan fingerprint density at radius 2 is 1.57 bits per heavy atom. The number of benzene rings is 1. The fourth-order valence-electron chi connectivity index (χ4n) is 3.59. The van der Waals surface area contributed by atoms with Crippen LogP contribution in [-0.2, 0) is 0 Å². The second kappa shape index (κ2) is 7.62. The molecular formula is C20H18Cl2N8. The van der Waals surface area contributed by atoms with Crippen LogP contribution in [0.1, 0.15) is 0 Å². The number of nitrogen functional groups attached to an aromatic ring is 1. The number of aromatic nitrogens is 5. The first kappa shape index (κ1) is 18.9. The Hall–Kier alpha value is -3.10. The summed E-state index contributed by atoms with van der Waals surface area (Å²) >= 11 is 12.3. The van der Waals surface area contributed by atoms with Crippen LogP contribution in [0, 0.1) is 0 Å². The van der Waals surface area contributed by atoms with Crippen molar-refractivity contribution in [1.82, 2.24) is 24.8 Å². The van der Waals surface area contributed by atoms with Gasteiger partial charge in [-0.25, -0.2) is 4.98 Å². The van der Waals surface area contributed by atoms with Crippen molar-refractivity contribution in [1.29, 1.82) is 0 Å². The van der Waals surface area contributed by atoms with Crippen molar-refractivity contribution in [2.24, 2.45) is 0 Å². The molecule has 1 fully saturated rings. The third-order valence-corrected chi connectivity index (χ3v) is 5.55. The number of rotatable bonds is 3. The molecule has 5 rings (SSSR count). The van der Waals surface area contributed by atoms with E-state index in [1.54, 1.807) is 22.7 Å². The monoisotopic (exact) mass is 440 g/mol. The van der Waals surface area contributed by atoms with Gasteiger partial charge in [-0.05, 0) is 42.5 Å². The molecule has 0 unspecified atom stereocenters. The molecular weight excluding hydrogens is 423 g/mol. The largest absolute Gasteiger partial charge is 0.384 e. The van der Waals surface area contributed by atoms with Crippen LogP contribution in [0.3, 0.4) is 0 Å². The normalized spacial score (nSPS) is 14.5. The van der Waals surface area contributed by atoms with Gasteiger partial charge in [0.1, 0.15) is 11.6 Å². The summed E-state index contributed by atoms with van der Waals surface area (Å²) in [4.78, 5) is 8.72. The Labute approximate surface area is 182 Å². The number of hydrogen-bond donors (Lipinski definition) is 1. The van der Waals surface area contributed by atoms with Crippen LogP contribution < -0.4 is 15.5 Å². The van der Waals surface area contributed by atoms with Gasteiger partial charge in [-0.2, -0.15) is 4.52 Å². The van der Waals surface area contributed by atoms with Gasteiger partial charge in [0, 0.05) is 41.8 Å². The van der Waals surface area contributed by atoms with Crippen LogP contribution in [0.15, 0.2) is 48.7 Å². The van der Waals surface area contributed by atoms with Crippen molar-refractivity contribution in [3.8, 4) is 11.4 Å². The smallest absolute Gasteiger partial charge is 0.185 e. The van der Waals surface area contributed by atoms with E-state index in [2.05, 4.69) is 25.0 Å². The van der Waals surface area contributed by atoms with E-state index in [1.165, 1.54) is 0 Å². The van der Waals surface area contributed by atoms with Crippen LogP contribution in [0.4, 0.5) is 17.3 Å². The van der Waals surface area contributed by atoms with Crippen LogP contribution in [0.2, 0.25) is 10.0 Å². The average molecular weight is 441 g/mol. The average Bonchev–Trinajstić information content (AvgIpc) is 3.17. The SMILES string of the molecule is Nc1ccc(N2CCN(c3ccc4nnc(-c5cc(Cl)cc(Cl)c5)n4n3)CC2)cn1. The molecule has 2 N–H and O–H groups in total. The van der Waals surface area contributed by atoms with Crippen molar-refractivity contribution >= 4 is 46.2 Å². The number of anilines is 3. The predicted molar refractivity (Wildman–Crippen MR) is 119 cm³/mol. The van der Waals surface area contributed by atoms with Gasteiger partial charge in [0.2, 0.25) is 0 Å². The molecule has 0 bridgehead atoms. The third-order valence-electron chi connectivity index (χ3n) is 5.11. The van der Waals surface area contributed by atoms with E-state index in [-0.39, 0.29) is 0 Å². The number of halogens is 2. The van der Waals surface area contributed by atoms with Crippen molar-refractivity contribution in [2.75, 3.05) is 41.7 Å². The summed E-state index contributed by atoms with van der Waals surface area (Å²) in [5, 5.41) is 14.4. The standard InChI is InChI=1S/C20H18Cl2N8/c21-14-9-13(10-15(22)11-14)20-26-25-18-3-4-19(27-30(18)20)29-7-5-28(6-8-29)16-1-2-17(23)24-12-16/h1-4,9-12H,5-8H2,(H2,23,24). The highest BCUT2D eigenvalue weighted by Gasteiger charge is 2.20. The van der Waals surface area contributed by atoms with Crippen LogP contribution in [0.5, 0.6) is 0 Å². The Morgan fingerprint density at radius 3 is 2.27 bits per heavy atom. The molecule has 4 heterocycles. The number of fused-ring (bicyclic) bond motifs is 1. The minimum atomic E-state index is 0.528. The highest BCUT2D eigenvalue weighted by molar-refractivity contribution is 6.35. The summed E-state index contributed by atoms with van der Waals surface area (Å²) in [6, 6.07) is 13.0. The molecule has 1 saturated heterocycles. The highest BCUT2D eigenvalue weighted by Crippen LogP contribution is 2.27. The summed E-state index contributed by atoms with van der Waals surface area (Å²) < 4.78 is 1.73. The van der Waals surface area contributed by atoms with Gasteiger partial charge < -0.3 is 15.5 Å². The summed E-state index contributed by atoms with van der Waals surface area (Å²) in [6.45, 7) is 3.40. The zero-order valence-electron chi connectivity index (χ0n) is 15.9. The first-order valence-corrected chi connectivity index (χ1v) is 10.2. The molecule has 30 heavy (non-hydrogen) atoms. The zero-order chi connectivity index (χ0) is 20.7. The summed E-state index contributed by atoms with van der Waals surface area (Å²) in [5.74, 6) is 2.00. The second-order valence-electron chi connectivity index (χ2n) is 7.06. The van der Waals surface area contributed by atoms with E-state index in [4.69, 9.17) is 34.0 Å². The third kappa shape index (κ3) is 3.59. The van der Waals surface area contributed by atoms with Crippen LogP contribution >= 0.6 is 23.2 Å².